The van der Waals surface area contributed by atoms with Crippen LogP contribution in [0, 0.1) is 6.92 Å². The van der Waals surface area contributed by atoms with Crippen molar-refractivity contribution in [3.05, 3.63) is 52.5 Å². The summed E-state index contributed by atoms with van der Waals surface area (Å²) in [6.45, 7) is 5.55. The smallest absolute Gasteiger partial charge is 0.161 e. The average molecular weight is 351 g/mol. The lowest BCUT2D eigenvalue weighted by Crippen LogP contribution is -2.10. The Kier molecular flexibility index (Phi) is 5.93. The van der Waals surface area contributed by atoms with Crippen molar-refractivity contribution in [3.8, 4) is 17.2 Å². The van der Waals surface area contributed by atoms with Crippen LogP contribution in [0.5, 0.6) is 17.2 Å². The maximum atomic E-state index is 5.73. The molecule has 0 spiro atoms. The minimum atomic E-state index is 0.472. The molecule has 4 heteroatoms. The SMILES string of the molecule is CCOc1ccccc1OCCOc1ccc(Br)cc1C. The maximum Gasteiger partial charge on any atom is 0.161 e. The van der Waals surface area contributed by atoms with Crippen LogP contribution in [0.25, 0.3) is 0 Å². The monoisotopic (exact) mass is 350 g/mol. The lowest BCUT2D eigenvalue weighted by atomic mass is 10.2. The Morgan fingerprint density at radius 2 is 1.48 bits per heavy atom. The van der Waals surface area contributed by atoms with Gasteiger partial charge in [-0.05, 0) is 49.7 Å². The lowest BCUT2D eigenvalue weighted by Gasteiger charge is -2.13. The Balaban J connectivity index is 1.84. The van der Waals surface area contributed by atoms with E-state index in [4.69, 9.17) is 14.2 Å². The van der Waals surface area contributed by atoms with Gasteiger partial charge in [-0.25, -0.2) is 0 Å². The molecule has 0 fully saturated rings. The van der Waals surface area contributed by atoms with Gasteiger partial charge in [0, 0.05) is 4.47 Å². The van der Waals surface area contributed by atoms with Gasteiger partial charge in [-0.15, -0.1) is 0 Å². The molecule has 2 aromatic carbocycles. The second-order valence-corrected chi connectivity index (χ2v) is 5.40. The molecule has 0 saturated carbocycles. The van der Waals surface area contributed by atoms with E-state index in [0.717, 1.165) is 27.3 Å². The quantitative estimate of drug-likeness (QED) is 0.682. The van der Waals surface area contributed by atoms with Gasteiger partial charge in [0.2, 0.25) is 0 Å². The highest BCUT2D eigenvalue weighted by atomic mass is 79.9. The summed E-state index contributed by atoms with van der Waals surface area (Å²) in [6.07, 6.45) is 0. The normalized spacial score (nSPS) is 10.2. The van der Waals surface area contributed by atoms with E-state index in [1.54, 1.807) is 0 Å². The molecular weight excluding hydrogens is 332 g/mol. The van der Waals surface area contributed by atoms with E-state index < -0.39 is 0 Å². The summed E-state index contributed by atoms with van der Waals surface area (Å²) >= 11 is 3.44. The van der Waals surface area contributed by atoms with Crippen LogP contribution in [0.4, 0.5) is 0 Å². The fraction of sp³-hybridized carbons (Fsp3) is 0.294. The first-order valence-electron chi connectivity index (χ1n) is 6.94. The molecule has 0 heterocycles. The molecule has 0 bridgehead atoms. The summed E-state index contributed by atoms with van der Waals surface area (Å²) in [4.78, 5) is 0. The number of hydrogen-bond donors (Lipinski definition) is 0. The van der Waals surface area contributed by atoms with E-state index in [-0.39, 0.29) is 0 Å². The highest BCUT2D eigenvalue weighted by Crippen LogP contribution is 2.26. The van der Waals surface area contributed by atoms with Crippen molar-refractivity contribution in [1.82, 2.24) is 0 Å². The number of para-hydroxylation sites is 2. The van der Waals surface area contributed by atoms with Crippen LogP contribution < -0.4 is 14.2 Å². The van der Waals surface area contributed by atoms with E-state index in [1.807, 2.05) is 56.3 Å². The number of aryl methyl sites for hydroxylation is 1. The van der Waals surface area contributed by atoms with Gasteiger partial charge < -0.3 is 14.2 Å². The Labute approximate surface area is 134 Å². The predicted octanol–water partition coefficient (Wildman–Crippen LogP) is 4.61. The van der Waals surface area contributed by atoms with Crippen molar-refractivity contribution in [2.24, 2.45) is 0 Å². The highest BCUT2D eigenvalue weighted by Gasteiger charge is 2.04. The Morgan fingerprint density at radius 1 is 0.857 bits per heavy atom. The molecule has 2 rings (SSSR count). The molecule has 0 aromatic heterocycles. The molecule has 0 aliphatic heterocycles. The van der Waals surface area contributed by atoms with Gasteiger partial charge in [-0.1, -0.05) is 28.1 Å². The van der Waals surface area contributed by atoms with E-state index in [0.29, 0.717) is 19.8 Å². The second-order valence-electron chi connectivity index (χ2n) is 4.49. The zero-order chi connectivity index (χ0) is 15.1. The summed E-state index contributed by atoms with van der Waals surface area (Å²) in [5.41, 5.74) is 1.10. The van der Waals surface area contributed by atoms with Crippen LogP contribution in [0.3, 0.4) is 0 Å². The van der Waals surface area contributed by atoms with E-state index in [2.05, 4.69) is 15.9 Å². The lowest BCUT2D eigenvalue weighted by molar-refractivity contribution is 0.207. The van der Waals surface area contributed by atoms with E-state index in [1.165, 1.54) is 0 Å². The van der Waals surface area contributed by atoms with Gasteiger partial charge >= 0.3 is 0 Å². The maximum absolute atomic E-state index is 5.73. The predicted molar refractivity (Wildman–Crippen MR) is 87.5 cm³/mol. The summed E-state index contributed by atoms with van der Waals surface area (Å²) in [5, 5.41) is 0. The van der Waals surface area contributed by atoms with Crippen LogP contribution in [0.1, 0.15) is 12.5 Å². The molecule has 21 heavy (non-hydrogen) atoms. The third kappa shape index (κ3) is 4.67. The molecule has 0 aliphatic carbocycles. The van der Waals surface area contributed by atoms with Crippen molar-refractivity contribution in [2.75, 3.05) is 19.8 Å². The van der Waals surface area contributed by atoms with Gasteiger partial charge in [0.05, 0.1) is 6.61 Å². The number of halogens is 1. The molecule has 0 N–H and O–H groups in total. The van der Waals surface area contributed by atoms with Gasteiger partial charge in [-0.2, -0.15) is 0 Å². The molecule has 0 aliphatic rings. The fourth-order valence-corrected chi connectivity index (χ4v) is 2.40. The Morgan fingerprint density at radius 3 is 2.10 bits per heavy atom. The Hall–Kier alpha value is -1.68. The summed E-state index contributed by atoms with van der Waals surface area (Å²) in [7, 11) is 0. The van der Waals surface area contributed by atoms with Crippen LogP contribution in [-0.4, -0.2) is 19.8 Å². The molecule has 0 radical (unpaired) electrons. The van der Waals surface area contributed by atoms with Gasteiger partial charge in [0.1, 0.15) is 19.0 Å². The second kappa shape index (κ2) is 7.93. The van der Waals surface area contributed by atoms with Gasteiger partial charge in [0.25, 0.3) is 0 Å². The molecule has 0 saturated heterocycles. The molecule has 2 aromatic rings. The minimum absolute atomic E-state index is 0.472. The van der Waals surface area contributed by atoms with Crippen molar-refractivity contribution in [3.63, 3.8) is 0 Å². The Bertz CT molecular complexity index is 584. The molecule has 112 valence electrons. The van der Waals surface area contributed by atoms with Crippen molar-refractivity contribution in [2.45, 2.75) is 13.8 Å². The van der Waals surface area contributed by atoms with Crippen LogP contribution >= 0.6 is 15.9 Å². The highest BCUT2D eigenvalue weighted by molar-refractivity contribution is 9.10. The number of hydrogen-bond acceptors (Lipinski definition) is 3. The first kappa shape index (κ1) is 15.7. The van der Waals surface area contributed by atoms with E-state index in [9.17, 15) is 0 Å². The third-order valence-corrected chi connectivity index (χ3v) is 3.38. The fourth-order valence-electron chi connectivity index (χ4n) is 1.92. The molecule has 0 amide bonds. The molecular formula is C17H19BrO3. The molecule has 0 atom stereocenters. The summed E-state index contributed by atoms with van der Waals surface area (Å²) in [6, 6.07) is 13.6. The standard InChI is InChI=1S/C17H19BrO3/c1-3-19-16-6-4-5-7-17(16)21-11-10-20-15-9-8-14(18)12-13(15)2/h4-9,12H,3,10-11H2,1-2H3. The van der Waals surface area contributed by atoms with Crippen LogP contribution in [-0.2, 0) is 0 Å². The molecule has 3 nitrogen and oxygen atoms in total. The average Bonchev–Trinajstić information content (AvgIpc) is 2.47. The number of benzene rings is 2. The number of rotatable bonds is 7. The zero-order valence-electron chi connectivity index (χ0n) is 12.3. The topological polar surface area (TPSA) is 27.7 Å². The van der Waals surface area contributed by atoms with Crippen LogP contribution in [0.2, 0.25) is 0 Å². The first-order valence-corrected chi connectivity index (χ1v) is 7.73. The minimum Gasteiger partial charge on any atom is -0.490 e. The summed E-state index contributed by atoms with van der Waals surface area (Å²) in [5.74, 6) is 2.38. The largest absolute Gasteiger partial charge is 0.490 e. The van der Waals surface area contributed by atoms with Gasteiger partial charge in [-0.3, -0.25) is 0 Å². The van der Waals surface area contributed by atoms with E-state index >= 15 is 0 Å². The molecule has 0 unspecified atom stereocenters. The summed E-state index contributed by atoms with van der Waals surface area (Å²) < 4.78 is 18.0. The van der Waals surface area contributed by atoms with Gasteiger partial charge in [0.15, 0.2) is 11.5 Å². The van der Waals surface area contributed by atoms with Crippen molar-refractivity contribution >= 4 is 15.9 Å². The van der Waals surface area contributed by atoms with Crippen molar-refractivity contribution in [1.29, 1.82) is 0 Å². The van der Waals surface area contributed by atoms with Crippen molar-refractivity contribution < 1.29 is 14.2 Å². The number of ether oxygens (including phenoxy) is 3. The third-order valence-electron chi connectivity index (χ3n) is 2.88. The zero-order valence-corrected chi connectivity index (χ0v) is 13.9. The first-order chi connectivity index (χ1) is 10.2. The van der Waals surface area contributed by atoms with Crippen LogP contribution in [0.15, 0.2) is 46.9 Å².